The Bertz CT molecular complexity index is 552. The predicted octanol–water partition coefficient (Wildman–Crippen LogP) is 1.13. The maximum atomic E-state index is 5.92. The first-order chi connectivity index (χ1) is 9.48. The van der Waals surface area contributed by atoms with Crippen LogP contribution in [0.4, 0.5) is 0 Å². The zero-order valence-corrected chi connectivity index (χ0v) is 15.0. The molecule has 4 heteroatoms. The van der Waals surface area contributed by atoms with Crippen molar-refractivity contribution in [2.24, 2.45) is 0 Å². The summed E-state index contributed by atoms with van der Waals surface area (Å²) in [5.74, 6) is 0.900. The van der Waals surface area contributed by atoms with Gasteiger partial charge in [-0.15, -0.1) is 0 Å². The minimum atomic E-state index is 0. The Kier molecular flexibility index (Phi) is 6.72. The molecule has 0 unspecified atom stereocenters. The van der Waals surface area contributed by atoms with Gasteiger partial charge in [-0.3, -0.25) is 0 Å². The third kappa shape index (κ3) is 5.70. The van der Waals surface area contributed by atoms with Crippen LogP contribution in [0.25, 0.3) is 0 Å². The van der Waals surface area contributed by atoms with Gasteiger partial charge in [-0.25, -0.2) is 0 Å². The van der Waals surface area contributed by atoms with Crippen molar-refractivity contribution < 1.29 is 26.2 Å². The van der Waals surface area contributed by atoms with E-state index in [2.05, 4.69) is 38.4 Å². The first-order valence-corrected chi connectivity index (χ1v) is 7.06. The van der Waals surface area contributed by atoms with Crippen LogP contribution in [0.5, 0.6) is 5.75 Å². The van der Waals surface area contributed by atoms with Gasteiger partial charge in [-0.2, -0.15) is 0 Å². The molecule has 0 saturated heterocycles. The second-order valence-electron chi connectivity index (χ2n) is 5.73. The largest absolute Gasteiger partial charge is 1.00 e. The Morgan fingerprint density at radius 1 is 0.857 bits per heavy atom. The minimum absolute atomic E-state index is 0. The zero-order chi connectivity index (χ0) is 14.6. The van der Waals surface area contributed by atoms with Crippen LogP contribution >= 0.6 is 11.6 Å². The minimum Gasteiger partial charge on any atom is -1.00 e. The smallest absolute Gasteiger partial charge is 0.118 e. The van der Waals surface area contributed by atoms with E-state index in [9.17, 15) is 0 Å². The fourth-order valence-corrected chi connectivity index (χ4v) is 2.49. The molecule has 0 fully saturated rings. The van der Waals surface area contributed by atoms with Gasteiger partial charge < -0.3 is 26.2 Å². The number of hydrogen-bond acceptors (Lipinski definition) is 1. The zero-order valence-electron chi connectivity index (χ0n) is 12.6. The topological polar surface area (TPSA) is 9.23 Å². The molecular weight excluding hydrogens is 350 g/mol. The maximum Gasteiger partial charge on any atom is 0.118 e. The molecule has 0 saturated carbocycles. The number of methoxy groups -OCH3 is 1. The lowest BCUT2D eigenvalue weighted by Crippen LogP contribution is -3.00. The number of benzene rings is 2. The van der Waals surface area contributed by atoms with Crippen LogP contribution in [0.2, 0.25) is 5.02 Å². The Hall–Kier alpha value is -1.03. The molecule has 0 spiro atoms. The molecule has 2 rings (SSSR count). The summed E-state index contributed by atoms with van der Waals surface area (Å²) in [4.78, 5) is 0. The summed E-state index contributed by atoms with van der Waals surface area (Å²) in [7, 11) is 6.16. The molecule has 0 heterocycles. The highest BCUT2D eigenvalue weighted by Gasteiger charge is 2.16. The van der Waals surface area contributed by atoms with E-state index < -0.39 is 0 Å². The lowest BCUT2D eigenvalue weighted by molar-refractivity contribution is -0.916. The molecule has 114 valence electrons. The molecule has 0 aliphatic carbocycles. The summed E-state index contributed by atoms with van der Waals surface area (Å²) in [6.07, 6.45) is 0. The van der Waals surface area contributed by atoms with Crippen molar-refractivity contribution in [3.63, 3.8) is 0 Å². The van der Waals surface area contributed by atoms with Gasteiger partial charge in [0.1, 0.15) is 18.8 Å². The highest BCUT2D eigenvalue weighted by atomic mass is 79.9. The number of ether oxygens (including phenoxy) is 1. The first-order valence-electron chi connectivity index (χ1n) is 6.68. The van der Waals surface area contributed by atoms with E-state index in [1.807, 2.05) is 24.3 Å². The molecular formula is C17H21BrClNO. The number of nitrogens with zero attached hydrogens (tertiary/aromatic N) is 1. The van der Waals surface area contributed by atoms with Gasteiger partial charge in [-0.1, -0.05) is 23.7 Å². The van der Waals surface area contributed by atoms with Crippen molar-refractivity contribution in [1.82, 2.24) is 0 Å². The van der Waals surface area contributed by atoms with Crippen molar-refractivity contribution in [3.05, 3.63) is 64.7 Å². The van der Waals surface area contributed by atoms with E-state index in [0.717, 1.165) is 28.3 Å². The van der Waals surface area contributed by atoms with Crippen LogP contribution in [0.1, 0.15) is 11.1 Å². The van der Waals surface area contributed by atoms with Gasteiger partial charge in [-0.05, 0) is 36.4 Å². The maximum absolute atomic E-state index is 5.92. The summed E-state index contributed by atoms with van der Waals surface area (Å²) in [6, 6.07) is 16.4. The van der Waals surface area contributed by atoms with Crippen LogP contribution in [-0.4, -0.2) is 25.7 Å². The van der Waals surface area contributed by atoms with Gasteiger partial charge in [0.25, 0.3) is 0 Å². The molecule has 0 bridgehead atoms. The lowest BCUT2D eigenvalue weighted by atomic mass is 10.1. The Labute approximate surface area is 142 Å². The quantitative estimate of drug-likeness (QED) is 0.717. The van der Waals surface area contributed by atoms with Gasteiger partial charge in [0.05, 0.1) is 21.2 Å². The second kappa shape index (κ2) is 7.83. The van der Waals surface area contributed by atoms with Crippen molar-refractivity contribution in [1.29, 1.82) is 0 Å². The van der Waals surface area contributed by atoms with E-state index in [1.54, 1.807) is 7.11 Å². The molecule has 0 amide bonds. The fraction of sp³-hybridized carbons (Fsp3) is 0.294. The van der Waals surface area contributed by atoms with Crippen LogP contribution in [0.3, 0.4) is 0 Å². The van der Waals surface area contributed by atoms with Crippen molar-refractivity contribution in [2.75, 3.05) is 21.2 Å². The van der Waals surface area contributed by atoms with Gasteiger partial charge in [0.2, 0.25) is 0 Å². The van der Waals surface area contributed by atoms with Crippen molar-refractivity contribution in [2.45, 2.75) is 13.1 Å². The van der Waals surface area contributed by atoms with E-state index in [0.29, 0.717) is 0 Å². The van der Waals surface area contributed by atoms with E-state index in [1.165, 1.54) is 11.1 Å². The molecule has 2 nitrogen and oxygen atoms in total. The Balaban J connectivity index is 0.00000220. The standard InChI is InChI=1S/C17H21ClNO.BrH/c1-19(2,12-14-4-8-16(18)9-5-14)13-15-6-10-17(20-3)11-7-15;/h4-11H,12-13H2,1-3H3;1H/q+1;/p-1. The van der Waals surface area contributed by atoms with Gasteiger partial charge in [0.15, 0.2) is 0 Å². The first kappa shape index (κ1) is 18.0. The van der Waals surface area contributed by atoms with Crippen LogP contribution in [0, 0.1) is 0 Å². The molecule has 2 aromatic rings. The number of rotatable bonds is 5. The summed E-state index contributed by atoms with van der Waals surface area (Å²) in [5, 5.41) is 0.786. The molecule has 2 aromatic carbocycles. The second-order valence-corrected chi connectivity index (χ2v) is 6.16. The average molecular weight is 371 g/mol. The Morgan fingerprint density at radius 3 is 1.71 bits per heavy atom. The molecule has 0 aliphatic rings. The van der Waals surface area contributed by atoms with Crippen LogP contribution < -0.4 is 21.7 Å². The highest BCUT2D eigenvalue weighted by molar-refractivity contribution is 6.30. The van der Waals surface area contributed by atoms with Crippen molar-refractivity contribution in [3.8, 4) is 5.75 Å². The van der Waals surface area contributed by atoms with E-state index in [-0.39, 0.29) is 17.0 Å². The monoisotopic (exact) mass is 369 g/mol. The van der Waals surface area contributed by atoms with Crippen molar-refractivity contribution >= 4 is 11.6 Å². The van der Waals surface area contributed by atoms with Crippen LogP contribution in [0.15, 0.2) is 48.5 Å². The number of hydrogen-bond donors (Lipinski definition) is 0. The third-order valence-corrected chi connectivity index (χ3v) is 3.55. The fourth-order valence-electron chi connectivity index (χ4n) is 2.37. The van der Waals surface area contributed by atoms with Crippen LogP contribution in [-0.2, 0) is 13.1 Å². The molecule has 0 atom stereocenters. The summed E-state index contributed by atoms with van der Waals surface area (Å²) >= 11 is 5.92. The number of quaternary nitrogens is 1. The summed E-state index contributed by atoms with van der Waals surface area (Å²) in [5.41, 5.74) is 2.61. The molecule has 0 radical (unpaired) electrons. The highest BCUT2D eigenvalue weighted by Crippen LogP contribution is 2.18. The number of halogens is 2. The Morgan fingerprint density at radius 2 is 1.29 bits per heavy atom. The molecule has 0 aliphatic heterocycles. The molecule has 21 heavy (non-hydrogen) atoms. The summed E-state index contributed by atoms with van der Waals surface area (Å²) < 4.78 is 6.09. The van der Waals surface area contributed by atoms with Gasteiger partial charge >= 0.3 is 0 Å². The normalized spacial score (nSPS) is 10.9. The van der Waals surface area contributed by atoms with Gasteiger partial charge in [0, 0.05) is 16.1 Å². The lowest BCUT2D eigenvalue weighted by Gasteiger charge is -2.30. The SMILES string of the molecule is COc1ccc(C[N+](C)(C)Cc2ccc(Cl)cc2)cc1.[Br-]. The average Bonchev–Trinajstić information content (AvgIpc) is 2.41. The molecule has 0 aromatic heterocycles. The molecule has 0 N–H and O–H groups in total. The predicted molar refractivity (Wildman–Crippen MR) is 84.0 cm³/mol. The van der Waals surface area contributed by atoms with E-state index >= 15 is 0 Å². The third-order valence-electron chi connectivity index (χ3n) is 3.29. The van der Waals surface area contributed by atoms with E-state index in [4.69, 9.17) is 16.3 Å². The summed E-state index contributed by atoms with van der Waals surface area (Å²) in [6.45, 7) is 1.95.